The van der Waals surface area contributed by atoms with Gasteiger partial charge in [-0.15, -0.1) is 0 Å². The summed E-state index contributed by atoms with van der Waals surface area (Å²) in [6, 6.07) is 0. The van der Waals surface area contributed by atoms with Gasteiger partial charge < -0.3 is 10.2 Å². The molecule has 0 saturated heterocycles. The van der Waals surface area contributed by atoms with Gasteiger partial charge in [-0.25, -0.2) is 0 Å². The van der Waals surface area contributed by atoms with Crippen LogP contribution >= 0.6 is 0 Å². The van der Waals surface area contributed by atoms with Crippen LogP contribution in [0, 0.1) is 5.92 Å². The zero-order chi connectivity index (χ0) is 11.1. The maximum atomic E-state index is 11.3. The molecule has 0 rings (SSSR count). The number of rotatable bonds is 7. The van der Waals surface area contributed by atoms with Crippen molar-refractivity contribution >= 4 is 5.78 Å². The number of Topliss-reactive ketones (excluding diaryl/α,β-unsaturated/α-hetero) is 1. The van der Waals surface area contributed by atoms with E-state index >= 15 is 0 Å². The van der Waals surface area contributed by atoms with Crippen molar-refractivity contribution in [1.29, 1.82) is 0 Å². The van der Waals surface area contributed by atoms with Crippen molar-refractivity contribution in [2.24, 2.45) is 5.92 Å². The maximum absolute atomic E-state index is 11.3. The Bertz CT molecular complexity index is 166. The lowest BCUT2D eigenvalue weighted by atomic mass is 9.97. The highest BCUT2D eigenvalue weighted by Gasteiger charge is 2.23. The SMILES string of the molecule is CCCCC(=O)[C@@H](O)[C@H](O)CC(C)C. The number of aliphatic hydroxyl groups excluding tert-OH is 2. The van der Waals surface area contributed by atoms with Crippen LogP contribution in [0.15, 0.2) is 0 Å². The van der Waals surface area contributed by atoms with Crippen LogP contribution in [0.3, 0.4) is 0 Å². The van der Waals surface area contributed by atoms with E-state index in [4.69, 9.17) is 0 Å². The van der Waals surface area contributed by atoms with Crippen LogP contribution in [0.1, 0.15) is 46.5 Å². The highest BCUT2D eigenvalue weighted by molar-refractivity contribution is 5.83. The van der Waals surface area contributed by atoms with Crippen molar-refractivity contribution < 1.29 is 15.0 Å². The number of carbonyl (C=O) groups is 1. The molecule has 2 N–H and O–H groups in total. The second-order valence-electron chi connectivity index (χ2n) is 4.21. The summed E-state index contributed by atoms with van der Waals surface area (Å²) < 4.78 is 0. The van der Waals surface area contributed by atoms with E-state index in [0.717, 1.165) is 12.8 Å². The lowest BCUT2D eigenvalue weighted by Crippen LogP contribution is -2.34. The predicted molar refractivity (Wildman–Crippen MR) is 56.0 cm³/mol. The first kappa shape index (κ1) is 13.6. The van der Waals surface area contributed by atoms with Gasteiger partial charge >= 0.3 is 0 Å². The highest BCUT2D eigenvalue weighted by Crippen LogP contribution is 2.11. The van der Waals surface area contributed by atoms with Crippen LogP contribution < -0.4 is 0 Å². The lowest BCUT2D eigenvalue weighted by molar-refractivity contribution is -0.133. The van der Waals surface area contributed by atoms with Crippen molar-refractivity contribution in [2.75, 3.05) is 0 Å². The zero-order valence-electron chi connectivity index (χ0n) is 9.36. The Hall–Kier alpha value is -0.410. The van der Waals surface area contributed by atoms with Crippen molar-refractivity contribution in [2.45, 2.75) is 58.7 Å². The molecule has 0 bridgehead atoms. The molecular weight excluding hydrogens is 180 g/mol. The van der Waals surface area contributed by atoms with Gasteiger partial charge in [0.15, 0.2) is 5.78 Å². The fourth-order valence-corrected chi connectivity index (χ4v) is 1.33. The van der Waals surface area contributed by atoms with Crippen LogP contribution in [0.4, 0.5) is 0 Å². The minimum absolute atomic E-state index is 0.236. The van der Waals surface area contributed by atoms with Gasteiger partial charge in [0, 0.05) is 6.42 Å². The molecule has 2 atom stereocenters. The van der Waals surface area contributed by atoms with E-state index in [1.54, 1.807) is 0 Å². The molecule has 0 spiro atoms. The van der Waals surface area contributed by atoms with E-state index in [1.807, 2.05) is 20.8 Å². The van der Waals surface area contributed by atoms with Crippen LogP contribution in [-0.2, 0) is 4.79 Å². The Morgan fingerprint density at radius 2 is 1.86 bits per heavy atom. The van der Waals surface area contributed by atoms with Crippen LogP contribution in [0.25, 0.3) is 0 Å². The van der Waals surface area contributed by atoms with Gasteiger partial charge in [0.2, 0.25) is 0 Å². The summed E-state index contributed by atoms with van der Waals surface area (Å²) in [5.74, 6) is 0.0543. The average Bonchev–Trinajstić information content (AvgIpc) is 2.11. The summed E-state index contributed by atoms with van der Waals surface area (Å²) in [6.07, 6.45) is 0.456. The standard InChI is InChI=1S/C11H22O3/c1-4-5-6-9(12)11(14)10(13)7-8(2)3/h8,10-11,13-14H,4-7H2,1-3H3/t10-,11-/m1/s1. The summed E-state index contributed by atoms with van der Waals surface area (Å²) in [4.78, 5) is 11.3. The number of aliphatic hydroxyl groups is 2. The van der Waals surface area contributed by atoms with Gasteiger partial charge in [0.25, 0.3) is 0 Å². The summed E-state index contributed by atoms with van der Waals surface area (Å²) in [7, 11) is 0. The van der Waals surface area contributed by atoms with Crippen molar-refractivity contribution in [3.05, 3.63) is 0 Å². The number of carbonyl (C=O) groups excluding carboxylic acids is 1. The van der Waals surface area contributed by atoms with Crippen molar-refractivity contribution in [3.63, 3.8) is 0 Å². The Morgan fingerprint density at radius 1 is 1.29 bits per heavy atom. The van der Waals surface area contributed by atoms with E-state index in [0.29, 0.717) is 18.8 Å². The topological polar surface area (TPSA) is 57.5 Å². The molecule has 0 amide bonds. The number of hydrogen-bond donors (Lipinski definition) is 2. The molecule has 0 fully saturated rings. The highest BCUT2D eigenvalue weighted by atomic mass is 16.3. The summed E-state index contributed by atoms with van der Waals surface area (Å²) in [5.41, 5.74) is 0. The smallest absolute Gasteiger partial charge is 0.163 e. The number of hydrogen-bond acceptors (Lipinski definition) is 3. The third-order valence-corrected chi connectivity index (χ3v) is 2.18. The fraction of sp³-hybridized carbons (Fsp3) is 0.909. The van der Waals surface area contributed by atoms with Crippen molar-refractivity contribution in [1.82, 2.24) is 0 Å². The molecule has 0 saturated carbocycles. The van der Waals surface area contributed by atoms with Crippen LogP contribution in [-0.4, -0.2) is 28.2 Å². The van der Waals surface area contributed by atoms with Crippen LogP contribution in [0.5, 0.6) is 0 Å². The summed E-state index contributed by atoms with van der Waals surface area (Å²) in [6.45, 7) is 5.89. The van der Waals surface area contributed by atoms with Crippen molar-refractivity contribution in [3.8, 4) is 0 Å². The molecule has 0 aliphatic heterocycles. The Balaban J connectivity index is 3.90. The Labute approximate surface area is 86.1 Å². The zero-order valence-corrected chi connectivity index (χ0v) is 9.36. The van der Waals surface area contributed by atoms with Gasteiger partial charge in [-0.1, -0.05) is 27.2 Å². The molecule has 3 heteroatoms. The van der Waals surface area contributed by atoms with Gasteiger partial charge in [-0.3, -0.25) is 4.79 Å². The molecule has 0 radical (unpaired) electrons. The molecule has 84 valence electrons. The molecule has 14 heavy (non-hydrogen) atoms. The molecule has 0 unspecified atom stereocenters. The number of ketones is 1. The molecule has 0 heterocycles. The van der Waals surface area contributed by atoms with Gasteiger partial charge in [-0.2, -0.15) is 0 Å². The quantitative estimate of drug-likeness (QED) is 0.658. The van der Waals surface area contributed by atoms with Gasteiger partial charge in [0.1, 0.15) is 6.10 Å². The minimum atomic E-state index is -1.19. The lowest BCUT2D eigenvalue weighted by Gasteiger charge is -2.18. The largest absolute Gasteiger partial charge is 0.390 e. The second kappa shape index (κ2) is 6.96. The normalized spacial score (nSPS) is 15.6. The molecule has 0 aliphatic rings. The van der Waals surface area contributed by atoms with E-state index in [-0.39, 0.29) is 5.78 Å². The van der Waals surface area contributed by atoms with Gasteiger partial charge in [-0.05, 0) is 18.8 Å². The molecule has 3 nitrogen and oxygen atoms in total. The average molecular weight is 202 g/mol. The Morgan fingerprint density at radius 3 is 2.29 bits per heavy atom. The first-order valence-corrected chi connectivity index (χ1v) is 5.37. The predicted octanol–water partition coefficient (Wildman–Crippen LogP) is 1.51. The van der Waals surface area contributed by atoms with Crippen LogP contribution in [0.2, 0.25) is 0 Å². The third-order valence-electron chi connectivity index (χ3n) is 2.18. The number of unbranched alkanes of at least 4 members (excludes halogenated alkanes) is 1. The fourth-order valence-electron chi connectivity index (χ4n) is 1.33. The monoisotopic (exact) mass is 202 g/mol. The van der Waals surface area contributed by atoms with E-state index in [1.165, 1.54) is 0 Å². The first-order chi connectivity index (χ1) is 6.49. The molecule has 0 aromatic carbocycles. The first-order valence-electron chi connectivity index (χ1n) is 5.37. The van der Waals surface area contributed by atoms with E-state index < -0.39 is 12.2 Å². The third kappa shape index (κ3) is 5.35. The second-order valence-corrected chi connectivity index (χ2v) is 4.21. The van der Waals surface area contributed by atoms with E-state index in [2.05, 4.69) is 0 Å². The molecule has 0 aliphatic carbocycles. The summed E-state index contributed by atoms with van der Waals surface area (Å²) >= 11 is 0. The Kier molecular flexibility index (Phi) is 6.75. The molecule has 0 aromatic heterocycles. The van der Waals surface area contributed by atoms with E-state index in [9.17, 15) is 15.0 Å². The maximum Gasteiger partial charge on any atom is 0.163 e. The summed E-state index contributed by atoms with van der Waals surface area (Å²) in [5, 5.41) is 18.9. The molecular formula is C11H22O3. The molecule has 0 aromatic rings. The van der Waals surface area contributed by atoms with Gasteiger partial charge in [0.05, 0.1) is 6.10 Å². The minimum Gasteiger partial charge on any atom is -0.390 e.